The van der Waals surface area contributed by atoms with Crippen LogP contribution in [0.25, 0.3) is 0 Å². The highest BCUT2D eigenvalue weighted by atomic mass is 16.5. The number of nitrogens with zero attached hydrogens (tertiary/aromatic N) is 1. The summed E-state index contributed by atoms with van der Waals surface area (Å²) in [4.78, 5) is 14.0. The van der Waals surface area contributed by atoms with Crippen LogP contribution in [0.4, 0.5) is 0 Å². The summed E-state index contributed by atoms with van der Waals surface area (Å²) < 4.78 is 5.39. The maximum absolute atomic E-state index is 12.1. The second-order valence-corrected chi connectivity index (χ2v) is 5.29. The highest BCUT2D eigenvalue weighted by molar-refractivity contribution is 5.77. The Hall–Kier alpha value is -0.610. The van der Waals surface area contributed by atoms with E-state index in [1.54, 1.807) is 0 Å². The molecule has 1 rings (SSSR count). The van der Waals surface area contributed by atoms with Crippen LogP contribution >= 0.6 is 0 Å². The third kappa shape index (κ3) is 5.04. The van der Waals surface area contributed by atoms with Gasteiger partial charge in [-0.3, -0.25) is 4.79 Å². The molecule has 100 valence electrons. The fourth-order valence-corrected chi connectivity index (χ4v) is 2.07. The summed E-state index contributed by atoms with van der Waals surface area (Å²) in [6, 6.07) is 0.695. The number of hydrogen-bond acceptors (Lipinski definition) is 3. The van der Waals surface area contributed by atoms with Crippen molar-refractivity contribution in [2.75, 3.05) is 19.7 Å². The number of carbonyl (C=O) groups excluding carboxylic acids is 1. The Kier molecular flexibility index (Phi) is 5.92. The van der Waals surface area contributed by atoms with Crippen LogP contribution in [0.15, 0.2) is 0 Å². The molecule has 1 saturated heterocycles. The Morgan fingerprint density at radius 1 is 1.41 bits per heavy atom. The van der Waals surface area contributed by atoms with Crippen LogP contribution in [0.2, 0.25) is 0 Å². The number of carbonyl (C=O) groups is 1. The minimum Gasteiger partial charge on any atom is -0.369 e. The Balaban J connectivity index is 2.43. The molecule has 0 aromatic rings. The SMILES string of the molecule is CC(C)OCC(=O)N(CC1CCCN1)C(C)C. The second kappa shape index (κ2) is 6.97. The molecule has 1 heterocycles. The molecular formula is C13H26N2O2. The van der Waals surface area contributed by atoms with Gasteiger partial charge in [0.2, 0.25) is 5.91 Å². The van der Waals surface area contributed by atoms with Crippen LogP contribution in [-0.4, -0.2) is 48.7 Å². The van der Waals surface area contributed by atoms with Crippen molar-refractivity contribution in [1.29, 1.82) is 0 Å². The average molecular weight is 242 g/mol. The zero-order valence-corrected chi connectivity index (χ0v) is 11.5. The van der Waals surface area contributed by atoms with E-state index in [1.165, 1.54) is 12.8 Å². The molecular weight excluding hydrogens is 216 g/mol. The van der Waals surface area contributed by atoms with Crippen molar-refractivity contribution in [3.05, 3.63) is 0 Å². The molecule has 4 heteroatoms. The van der Waals surface area contributed by atoms with Crippen molar-refractivity contribution in [2.45, 2.75) is 58.7 Å². The fraction of sp³-hybridized carbons (Fsp3) is 0.923. The quantitative estimate of drug-likeness (QED) is 0.765. The maximum Gasteiger partial charge on any atom is 0.248 e. The molecule has 4 nitrogen and oxygen atoms in total. The number of rotatable bonds is 6. The largest absolute Gasteiger partial charge is 0.369 e. The molecule has 0 aromatic heterocycles. The highest BCUT2D eigenvalue weighted by Gasteiger charge is 2.23. The molecule has 1 N–H and O–H groups in total. The van der Waals surface area contributed by atoms with Crippen molar-refractivity contribution in [1.82, 2.24) is 10.2 Å². The predicted molar refractivity (Wildman–Crippen MR) is 69.0 cm³/mol. The molecule has 1 atom stereocenters. The highest BCUT2D eigenvalue weighted by Crippen LogP contribution is 2.10. The number of hydrogen-bond donors (Lipinski definition) is 1. The fourth-order valence-electron chi connectivity index (χ4n) is 2.07. The van der Waals surface area contributed by atoms with Crippen molar-refractivity contribution < 1.29 is 9.53 Å². The third-order valence-electron chi connectivity index (χ3n) is 3.06. The zero-order chi connectivity index (χ0) is 12.8. The Labute approximate surface area is 105 Å². The lowest BCUT2D eigenvalue weighted by Gasteiger charge is -2.29. The van der Waals surface area contributed by atoms with Gasteiger partial charge in [-0.1, -0.05) is 0 Å². The normalized spacial score (nSPS) is 20.2. The van der Waals surface area contributed by atoms with Crippen LogP contribution in [0.3, 0.4) is 0 Å². The van der Waals surface area contributed by atoms with E-state index in [0.717, 1.165) is 13.1 Å². The molecule has 0 aromatic carbocycles. The molecule has 1 unspecified atom stereocenters. The van der Waals surface area contributed by atoms with E-state index in [-0.39, 0.29) is 24.7 Å². The second-order valence-electron chi connectivity index (χ2n) is 5.29. The Morgan fingerprint density at radius 3 is 2.59 bits per heavy atom. The van der Waals surface area contributed by atoms with E-state index < -0.39 is 0 Å². The molecule has 0 bridgehead atoms. The van der Waals surface area contributed by atoms with E-state index in [1.807, 2.05) is 18.7 Å². The number of nitrogens with one attached hydrogen (secondary N) is 1. The van der Waals surface area contributed by atoms with E-state index in [9.17, 15) is 4.79 Å². The zero-order valence-electron chi connectivity index (χ0n) is 11.5. The van der Waals surface area contributed by atoms with Crippen LogP contribution in [0.1, 0.15) is 40.5 Å². The minimum absolute atomic E-state index is 0.0994. The van der Waals surface area contributed by atoms with Crippen molar-refractivity contribution >= 4 is 5.91 Å². The van der Waals surface area contributed by atoms with Crippen LogP contribution < -0.4 is 5.32 Å². The lowest BCUT2D eigenvalue weighted by molar-refractivity contribution is -0.139. The van der Waals surface area contributed by atoms with Crippen LogP contribution in [0.5, 0.6) is 0 Å². The third-order valence-corrected chi connectivity index (χ3v) is 3.06. The van der Waals surface area contributed by atoms with Gasteiger partial charge in [0.05, 0.1) is 6.10 Å². The van der Waals surface area contributed by atoms with Crippen molar-refractivity contribution in [3.63, 3.8) is 0 Å². The summed E-state index contributed by atoms with van der Waals surface area (Å²) in [5, 5.41) is 3.43. The standard InChI is InChI=1S/C13H26N2O2/c1-10(2)15(8-12-6-5-7-14-12)13(16)9-17-11(3)4/h10-12,14H,5-9H2,1-4H3. The van der Waals surface area contributed by atoms with Crippen LogP contribution in [0, 0.1) is 0 Å². The lowest BCUT2D eigenvalue weighted by atomic mass is 10.2. The van der Waals surface area contributed by atoms with Gasteiger partial charge in [-0.2, -0.15) is 0 Å². The van der Waals surface area contributed by atoms with E-state index in [0.29, 0.717) is 6.04 Å². The summed E-state index contributed by atoms with van der Waals surface area (Å²) in [5.41, 5.74) is 0. The Bertz CT molecular complexity index is 236. The molecule has 0 aliphatic carbocycles. The van der Waals surface area contributed by atoms with Crippen molar-refractivity contribution in [3.8, 4) is 0 Å². The molecule has 1 amide bonds. The molecule has 1 aliphatic rings. The first kappa shape index (κ1) is 14.5. The van der Waals surface area contributed by atoms with Gasteiger partial charge in [0.25, 0.3) is 0 Å². The minimum atomic E-state index is 0.0994. The molecule has 0 spiro atoms. The van der Waals surface area contributed by atoms with Crippen LogP contribution in [-0.2, 0) is 9.53 Å². The van der Waals surface area contributed by atoms with Gasteiger partial charge in [-0.25, -0.2) is 0 Å². The van der Waals surface area contributed by atoms with E-state index in [4.69, 9.17) is 4.74 Å². The molecule has 17 heavy (non-hydrogen) atoms. The van der Waals surface area contributed by atoms with Gasteiger partial charge in [0, 0.05) is 18.6 Å². The van der Waals surface area contributed by atoms with Gasteiger partial charge in [0.1, 0.15) is 6.61 Å². The summed E-state index contributed by atoms with van der Waals surface area (Å²) in [5.74, 6) is 0.0994. The van der Waals surface area contributed by atoms with Gasteiger partial charge in [0.15, 0.2) is 0 Å². The first-order valence-corrected chi connectivity index (χ1v) is 6.65. The number of amides is 1. The maximum atomic E-state index is 12.1. The first-order chi connectivity index (χ1) is 8.00. The Morgan fingerprint density at radius 2 is 2.12 bits per heavy atom. The molecule has 0 radical (unpaired) electrons. The molecule has 1 aliphatic heterocycles. The average Bonchev–Trinajstić information content (AvgIpc) is 2.74. The van der Waals surface area contributed by atoms with Gasteiger partial charge in [-0.05, 0) is 47.1 Å². The first-order valence-electron chi connectivity index (χ1n) is 6.65. The molecule has 0 saturated carbocycles. The summed E-state index contributed by atoms with van der Waals surface area (Å²) in [6.45, 7) is 10.1. The van der Waals surface area contributed by atoms with E-state index >= 15 is 0 Å². The number of ether oxygens (including phenoxy) is 1. The van der Waals surface area contributed by atoms with E-state index in [2.05, 4.69) is 19.2 Å². The van der Waals surface area contributed by atoms with Gasteiger partial charge >= 0.3 is 0 Å². The smallest absolute Gasteiger partial charge is 0.248 e. The predicted octanol–water partition coefficient (Wildman–Crippen LogP) is 1.40. The topological polar surface area (TPSA) is 41.6 Å². The lowest BCUT2D eigenvalue weighted by Crippen LogP contribution is -2.46. The summed E-state index contributed by atoms with van der Waals surface area (Å²) in [6.07, 6.45) is 2.49. The molecule has 1 fully saturated rings. The van der Waals surface area contributed by atoms with Gasteiger partial charge in [-0.15, -0.1) is 0 Å². The van der Waals surface area contributed by atoms with Crippen molar-refractivity contribution in [2.24, 2.45) is 0 Å². The van der Waals surface area contributed by atoms with Gasteiger partial charge < -0.3 is 15.0 Å². The summed E-state index contributed by atoms with van der Waals surface area (Å²) >= 11 is 0. The summed E-state index contributed by atoms with van der Waals surface area (Å²) in [7, 11) is 0. The monoisotopic (exact) mass is 242 g/mol.